The summed E-state index contributed by atoms with van der Waals surface area (Å²) in [6.45, 7) is 1.96. The van der Waals surface area contributed by atoms with Crippen molar-refractivity contribution in [3.63, 3.8) is 0 Å². The van der Waals surface area contributed by atoms with E-state index in [1.54, 1.807) is 19.1 Å². The summed E-state index contributed by atoms with van der Waals surface area (Å²) in [5.74, 6) is -0.0550. The molecule has 3 rings (SSSR count). The van der Waals surface area contributed by atoms with Crippen LogP contribution in [0.25, 0.3) is 0 Å². The number of nitrogens with zero attached hydrogens (tertiary/aromatic N) is 1. The predicted octanol–water partition coefficient (Wildman–Crippen LogP) is 4.07. The summed E-state index contributed by atoms with van der Waals surface area (Å²) in [5.41, 5.74) is 1.75. The number of hydrogen-bond acceptors (Lipinski definition) is 6. The molecule has 0 aliphatic carbocycles. The molecule has 1 amide bonds. The van der Waals surface area contributed by atoms with E-state index in [-0.39, 0.29) is 12.5 Å². The molecule has 0 aliphatic heterocycles. The first-order valence-electron chi connectivity index (χ1n) is 8.21. The predicted molar refractivity (Wildman–Crippen MR) is 103 cm³/mol. The summed E-state index contributed by atoms with van der Waals surface area (Å²) in [6.07, 6.45) is 0. The summed E-state index contributed by atoms with van der Waals surface area (Å²) in [7, 11) is 1.31. The summed E-state index contributed by atoms with van der Waals surface area (Å²) >= 11 is 1.08. The van der Waals surface area contributed by atoms with Gasteiger partial charge in [-0.1, -0.05) is 47.7 Å². The largest absolute Gasteiger partial charge is 0.489 e. The Labute approximate surface area is 160 Å². The van der Waals surface area contributed by atoms with Crippen LogP contribution in [0.2, 0.25) is 0 Å². The van der Waals surface area contributed by atoms with E-state index in [2.05, 4.69) is 10.3 Å². The van der Waals surface area contributed by atoms with Gasteiger partial charge >= 0.3 is 5.97 Å². The Morgan fingerprint density at radius 2 is 1.78 bits per heavy atom. The number of methoxy groups -OCH3 is 1. The van der Waals surface area contributed by atoms with Crippen LogP contribution in [0.15, 0.2) is 54.6 Å². The number of rotatable bonds is 6. The third kappa shape index (κ3) is 4.51. The molecular formula is C20H18N2O4S. The number of para-hydroxylation sites is 1. The summed E-state index contributed by atoms with van der Waals surface area (Å²) in [6, 6.07) is 16.6. The van der Waals surface area contributed by atoms with Crippen molar-refractivity contribution in [2.75, 3.05) is 12.4 Å². The molecule has 0 saturated heterocycles. The lowest BCUT2D eigenvalue weighted by Crippen LogP contribution is -2.15. The van der Waals surface area contributed by atoms with Crippen LogP contribution in [-0.4, -0.2) is 24.0 Å². The number of nitrogens with one attached hydrogen (secondary N) is 1. The highest BCUT2D eigenvalue weighted by Gasteiger charge is 2.18. The molecule has 1 aromatic heterocycles. The maximum Gasteiger partial charge on any atom is 0.350 e. The van der Waals surface area contributed by atoms with Crippen molar-refractivity contribution in [3.05, 3.63) is 76.3 Å². The zero-order chi connectivity index (χ0) is 19.2. The van der Waals surface area contributed by atoms with E-state index in [0.717, 1.165) is 22.6 Å². The van der Waals surface area contributed by atoms with Gasteiger partial charge in [-0.25, -0.2) is 9.78 Å². The van der Waals surface area contributed by atoms with Crippen molar-refractivity contribution in [1.29, 1.82) is 0 Å². The van der Waals surface area contributed by atoms with E-state index in [1.807, 2.05) is 42.5 Å². The van der Waals surface area contributed by atoms with Crippen LogP contribution in [0, 0.1) is 6.92 Å². The average Bonchev–Trinajstić information content (AvgIpc) is 3.06. The summed E-state index contributed by atoms with van der Waals surface area (Å²) < 4.78 is 10.5. The Morgan fingerprint density at radius 3 is 2.52 bits per heavy atom. The standard InChI is InChI=1S/C20H18N2O4S/c1-13-17(19(24)25-2)27-20(21-13)22-18(23)16-11-7-6-8-14(16)12-26-15-9-4-3-5-10-15/h3-11H,12H2,1-2H3,(H,21,22,23). The average molecular weight is 382 g/mol. The van der Waals surface area contributed by atoms with E-state index in [1.165, 1.54) is 7.11 Å². The highest BCUT2D eigenvalue weighted by atomic mass is 32.1. The molecule has 7 heteroatoms. The highest BCUT2D eigenvalue weighted by Crippen LogP contribution is 2.24. The van der Waals surface area contributed by atoms with Gasteiger partial charge in [0.25, 0.3) is 5.91 Å². The molecule has 0 bridgehead atoms. The third-order valence-electron chi connectivity index (χ3n) is 3.79. The zero-order valence-electron chi connectivity index (χ0n) is 14.9. The Hall–Kier alpha value is -3.19. The molecule has 0 radical (unpaired) electrons. The number of hydrogen-bond donors (Lipinski definition) is 1. The van der Waals surface area contributed by atoms with E-state index in [0.29, 0.717) is 21.3 Å². The molecule has 1 heterocycles. The van der Waals surface area contributed by atoms with E-state index < -0.39 is 5.97 Å². The quantitative estimate of drug-likeness (QED) is 0.650. The number of esters is 1. The number of carbonyl (C=O) groups is 2. The Kier molecular flexibility index (Phi) is 5.83. The van der Waals surface area contributed by atoms with Crippen molar-refractivity contribution < 1.29 is 19.1 Å². The number of benzene rings is 2. The van der Waals surface area contributed by atoms with Crippen molar-refractivity contribution in [3.8, 4) is 5.75 Å². The molecule has 3 aromatic rings. The van der Waals surface area contributed by atoms with E-state index in [9.17, 15) is 9.59 Å². The van der Waals surface area contributed by atoms with Gasteiger partial charge in [-0.2, -0.15) is 0 Å². The second kappa shape index (κ2) is 8.46. The second-order valence-electron chi connectivity index (χ2n) is 5.64. The molecule has 0 unspecified atom stereocenters. The van der Waals surface area contributed by atoms with Gasteiger partial charge in [0.2, 0.25) is 0 Å². The van der Waals surface area contributed by atoms with Crippen LogP contribution < -0.4 is 10.1 Å². The molecule has 0 atom stereocenters. The van der Waals surface area contributed by atoms with Gasteiger partial charge in [0.15, 0.2) is 5.13 Å². The molecule has 2 aromatic carbocycles. The molecule has 6 nitrogen and oxygen atoms in total. The fourth-order valence-corrected chi connectivity index (χ4v) is 3.32. The highest BCUT2D eigenvalue weighted by molar-refractivity contribution is 7.17. The minimum Gasteiger partial charge on any atom is -0.489 e. The lowest BCUT2D eigenvalue weighted by atomic mass is 10.1. The van der Waals surface area contributed by atoms with Crippen molar-refractivity contribution in [2.24, 2.45) is 0 Å². The normalized spacial score (nSPS) is 10.3. The van der Waals surface area contributed by atoms with Crippen molar-refractivity contribution >= 4 is 28.3 Å². The fraction of sp³-hybridized carbons (Fsp3) is 0.150. The van der Waals surface area contributed by atoms with Gasteiger partial charge in [0, 0.05) is 11.1 Å². The number of aryl methyl sites for hydroxylation is 1. The molecule has 27 heavy (non-hydrogen) atoms. The number of ether oxygens (including phenoxy) is 2. The molecule has 0 saturated carbocycles. The first-order valence-corrected chi connectivity index (χ1v) is 9.03. The SMILES string of the molecule is COC(=O)c1sc(NC(=O)c2ccccc2COc2ccccc2)nc1C. The fourth-order valence-electron chi connectivity index (χ4n) is 2.44. The molecule has 0 fully saturated rings. The van der Waals surface area contributed by atoms with Crippen LogP contribution in [0.1, 0.15) is 31.3 Å². The van der Waals surface area contributed by atoms with Gasteiger partial charge < -0.3 is 9.47 Å². The van der Waals surface area contributed by atoms with Gasteiger partial charge in [-0.05, 0) is 25.1 Å². The third-order valence-corrected chi connectivity index (χ3v) is 4.84. The van der Waals surface area contributed by atoms with Crippen LogP contribution >= 0.6 is 11.3 Å². The van der Waals surface area contributed by atoms with Gasteiger partial charge in [0.1, 0.15) is 17.2 Å². The molecule has 0 spiro atoms. The first kappa shape index (κ1) is 18.6. The monoisotopic (exact) mass is 382 g/mol. The number of anilines is 1. The van der Waals surface area contributed by atoms with E-state index in [4.69, 9.17) is 9.47 Å². The second-order valence-corrected chi connectivity index (χ2v) is 6.64. The Bertz CT molecular complexity index is 954. The van der Waals surface area contributed by atoms with Crippen LogP contribution in [0.3, 0.4) is 0 Å². The van der Waals surface area contributed by atoms with Crippen LogP contribution in [0.4, 0.5) is 5.13 Å². The first-order chi connectivity index (χ1) is 13.1. The number of thiazole rings is 1. The Balaban J connectivity index is 1.74. The minimum atomic E-state index is -0.470. The number of carbonyl (C=O) groups excluding carboxylic acids is 2. The lowest BCUT2D eigenvalue weighted by molar-refractivity contribution is 0.0605. The van der Waals surface area contributed by atoms with Gasteiger partial charge in [0.05, 0.1) is 12.8 Å². The van der Waals surface area contributed by atoms with Crippen LogP contribution in [0.5, 0.6) is 5.75 Å². The molecule has 0 aliphatic rings. The Morgan fingerprint density at radius 1 is 1.07 bits per heavy atom. The smallest absolute Gasteiger partial charge is 0.350 e. The minimum absolute atomic E-state index is 0.262. The maximum atomic E-state index is 12.7. The maximum absolute atomic E-state index is 12.7. The zero-order valence-corrected chi connectivity index (χ0v) is 15.7. The lowest BCUT2D eigenvalue weighted by Gasteiger charge is -2.10. The summed E-state index contributed by atoms with van der Waals surface area (Å²) in [5, 5.41) is 3.09. The molecule has 1 N–H and O–H groups in total. The van der Waals surface area contributed by atoms with Gasteiger partial charge in [-0.3, -0.25) is 10.1 Å². The van der Waals surface area contributed by atoms with E-state index >= 15 is 0 Å². The topological polar surface area (TPSA) is 77.5 Å². The molecular weight excluding hydrogens is 364 g/mol. The van der Waals surface area contributed by atoms with Crippen molar-refractivity contribution in [1.82, 2.24) is 4.98 Å². The number of aromatic nitrogens is 1. The van der Waals surface area contributed by atoms with Gasteiger partial charge in [-0.15, -0.1) is 0 Å². The number of amides is 1. The van der Waals surface area contributed by atoms with Crippen LogP contribution in [-0.2, 0) is 11.3 Å². The molecule has 138 valence electrons. The summed E-state index contributed by atoms with van der Waals surface area (Å²) in [4.78, 5) is 29.0. The van der Waals surface area contributed by atoms with Crippen molar-refractivity contribution in [2.45, 2.75) is 13.5 Å².